The van der Waals surface area contributed by atoms with E-state index in [2.05, 4.69) is 10.6 Å². The van der Waals surface area contributed by atoms with Gasteiger partial charge < -0.3 is 15.7 Å². The summed E-state index contributed by atoms with van der Waals surface area (Å²) in [6, 6.07) is 3.52. The number of hydrogen-bond donors (Lipinski definition) is 3. The molecule has 1 fully saturated rings. The van der Waals surface area contributed by atoms with Gasteiger partial charge in [-0.25, -0.2) is 0 Å². The highest BCUT2D eigenvalue weighted by Crippen LogP contribution is 2.24. The summed E-state index contributed by atoms with van der Waals surface area (Å²) >= 11 is 1.35. The molecule has 1 aromatic heterocycles. The van der Waals surface area contributed by atoms with Crippen LogP contribution in [0.2, 0.25) is 0 Å². The van der Waals surface area contributed by atoms with Gasteiger partial charge in [-0.1, -0.05) is 6.07 Å². The lowest BCUT2D eigenvalue weighted by Gasteiger charge is -2.11. The lowest BCUT2D eigenvalue weighted by Crippen LogP contribution is -2.38. The molecule has 0 radical (unpaired) electrons. The molecule has 0 aromatic carbocycles. The van der Waals surface area contributed by atoms with Crippen molar-refractivity contribution in [3.63, 3.8) is 0 Å². The first kappa shape index (κ1) is 14.0. The molecule has 0 bridgehead atoms. The second-order valence-corrected chi connectivity index (χ2v) is 5.74. The highest BCUT2D eigenvalue weighted by molar-refractivity contribution is 7.12. The number of aliphatic hydroxyl groups is 1. The quantitative estimate of drug-likeness (QED) is 0.746. The smallest absolute Gasteiger partial charge is 0.261 e. The first-order valence-electron chi connectivity index (χ1n) is 6.41. The van der Waals surface area contributed by atoms with Crippen molar-refractivity contribution in [3.05, 3.63) is 22.4 Å². The van der Waals surface area contributed by atoms with Crippen molar-refractivity contribution in [1.29, 1.82) is 0 Å². The molecule has 5 nitrogen and oxygen atoms in total. The maximum Gasteiger partial charge on any atom is 0.261 e. The Labute approximate surface area is 116 Å². The van der Waals surface area contributed by atoms with Gasteiger partial charge in [0.1, 0.15) is 0 Å². The minimum atomic E-state index is -0.222. The number of nitrogens with one attached hydrogen (secondary N) is 2. The van der Waals surface area contributed by atoms with Crippen molar-refractivity contribution in [2.24, 2.45) is 5.92 Å². The van der Waals surface area contributed by atoms with E-state index in [9.17, 15) is 14.7 Å². The Morgan fingerprint density at radius 1 is 1.37 bits per heavy atom. The van der Waals surface area contributed by atoms with Gasteiger partial charge in [0.15, 0.2) is 0 Å². The van der Waals surface area contributed by atoms with Gasteiger partial charge in [0.2, 0.25) is 5.91 Å². The molecule has 0 saturated heterocycles. The van der Waals surface area contributed by atoms with Crippen molar-refractivity contribution in [3.8, 4) is 0 Å². The van der Waals surface area contributed by atoms with Crippen LogP contribution in [0, 0.1) is 5.92 Å². The SMILES string of the molecule is O=C(CNC(=O)c1cccs1)NCC1CCC(O)C1. The monoisotopic (exact) mass is 282 g/mol. The topological polar surface area (TPSA) is 78.4 Å². The van der Waals surface area contributed by atoms with Crippen molar-refractivity contribution in [2.45, 2.75) is 25.4 Å². The lowest BCUT2D eigenvalue weighted by molar-refractivity contribution is -0.120. The van der Waals surface area contributed by atoms with E-state index >= 15 is 0 Å². The Morgan fingerprint density at radius 2 is 2.21 bits per heavy atom. The number of rotatable bonds is 5. The summed E-state index contributed by atoms with van der Waals surface area (Å²) in [5.41, 5.74) is 0. The van der Waals surface area contributed by atoms with E-state index in [0.29, 0.717) is 17.3 Å². The summed E-state index contributed by atoms with van der Waals surface area (Å²) in [6.45, 7) is 0.566. The van der Waals surface area contributed by atoms with Crippen LogP contribution in [0.4, 0.5) is 0 Å². The second kappa shape index (κ2) is 6.68. The van der Waals surface area contributed by atoms with Crippen molar-refractivity contribution >= 4 is 23.2 Å². The zero-order chi connectivity index (χ0) is 13.7. The maximum absolute atomic E-state index is 11.6. The normalized spacial score (nSPS) is 22.2. The van der Waals surface area contributed by atoms with Crippen LogP contribution in [-0.4, -0.2) is 36.1 Å². The molecule has 1 saturated carbocycles. The molecule has 0 spiro atoms. The minimum Gasteiger partial charge on any atom is -0.393 e. The Balaban J connectivity index is 1.63. The summed E-state index contributed by atoms with van der Waals surface area (Å²) in [7, 11) is 0. The van der Waals surface area contributed by atoms with Crippen LogP contribution in [0.1, 0.15) is 28.9 Å². The van der Waals surface area contributed by atoms with Crippen LogP contribution in [0.15, 0.2) is 17.5 Å². The number of carbonyl (C=O) groups excluding carboxylic acids is 2. The van der Waals surface area contributed by atoms with E-state index in [0.717, 1.165) is 19.3 Å². The molecule has 1 aliphatic carbocycles. The molecule has 1 aromatic rings. The summed E-state index contributed by atoms with van der Waals surface area (Å²) in [5.74, 6) is -0.0558. The molecule has 1 aliphatic rings. The van der Waals surface area contributed by atoms with Gasteiger partial charge in [0.25, 0.3) is 5.91 Å². The molecular weight excluding hydrogens is 264 g/mol. The number of carbonyl (C=O) groups is 2. The van der Waals surface area contributed by atoms with Gasteiger partial charge in [-0.3, -0.25) is 9.59 Å². The first-order valence-corrected chi connectivity index (χ1v) is 7.29. The number of hydrogen-bond acceptors (Lipinski definition) is 4. The average Bonchev–Trinajstić information content (AvgIpc) is 3.04. The Kier molecular flexibility index (Phi) is 4.93. The number of thiophene rings is 1. The van der Waals surface area contributed by atoms with Gasteiger partial charge in [0.05, 0.1) is 17.5 Å². The zero-order valence-corrected chi connectivity index (χ0v) is 11.4. The molecular formula is C13H18N2O3S. The Bertz CT molecular complexity index is 433. The van der Waals surface area contributed by atoms with Crippen molar-refractivity contribution in [2.75, 3.05) is 13.1 Å². The molecule has 2 unspecified atom stereocenters. The van der Waals surface area contributed by atoms with Crippen LogP contribution >= 0.6 is 11.3 Å². The predicted molar refractivity (Wildman–Crippen MR) is 73.0 cm³/mol. The molecule has 2 rings (SSSR count). The summed E-state index contributed by atoms with van der Waals surface area (Å²) in [4.78, 5) is 23.8. The molecule has 0 aliphatic heterocycles. The molecule has 2 atom stereocenters. The number of amides is 2. The predicted octanol–water partition coefficient (Wildman–Crippen LogP) is 0.755. The van der Waals surface area contributed by atoms with Gasteiger partial charge in [0, 0.05) is 6.54 Å². The van der Waals surface area contributed by atoms with Gasteiger partial charge >= 0.3 is 0 Å². The molecule has 3 N–H and O–H groups in total. The standard InChI is InChI=1S/C13H18N2O3S/c16-10-4-3-9(6-10)7-14-12(17)8-15-13(18)11-2-1-5-19-11/h1-2,5,9-10,16H,3-4,6-8H2,(H,14,17)(H,15,18). The van der Waals surface area contributed by atoms with Gasteiger partial charge in [-0.2, -0.15) is 0 Å². The molecule has 19 heavy (non-hydrogen) atoms. The highest BCUT2D eigenvalue weighted by Gasteiger charge is 2.22. The van der Waals surface area contributed by atoms with Crippen LogP contribution in [0.3, 0.4) is 0 Å². The Hall–Kier alpha value is -1.40. The largest absolute Gasteiger partial charge is 0.393 e. The van der Waals surface area contributed by atoms with E-state index in [1.165, 1.54) is 11.3 Å². The second-order valence-electron chi connectivity index (χ2n) is 4.80. The molecule has 2 amide bonds. The van der Waals surface area contributed by atoms with Crippen LogP contribution in [0.5, 0.6) is 0 Å². The van der Waals surface area contributed by atoms with E-state index in [1.54, 1.807) is 12.1 Å². The lowest BCUT2D eigenvalue weighted by atomic mass is 10.1. The fourth-order valence-corrected chi connectivity index (χ4v) is 2.85. The van der Waals surface area contributed by atoms with Crippen molar-refractivity contribution < 1.29 is 14.7 Å². The van der Waals surface area contributed by atoms with Crippen LogP contribution in [0.25, 0.3) is 0 Å². The average molecular weight is 282 g/mol. The van der Waals surface area contributed by atoms with Crippen molar-refractivity contribution in [1.82, 2.24) is 10.6 Å². The molecule has 104 valence electrons. The molecule has 6 heteroatoms. The van der Waals surface area contributed by atoms with E-state index in [1.807, 2.05) is 5.38 Å². The van der Waals surface area contributed by atoms with Crippen LogP contribution < -0.4 is 10.6 Å². The number of aliphatic hydroxyl groups excluding tert-OH is 1. The Morgan fingerprint density at radius 3 is 2.84 bits per heavy atom. The highest BCUT2D eigenvalue weighted by atomic mass is 32.1. The first-order chi connectivity index (χ1) is 9.15. The fraction of sp³-hybridized carbons (Fsp3) is 0.538. The minimum absolute atomic E-state index is 0.00793. The fourth-order valence-electron chi connectivity index (χ4n) is 2.21. The molecule has 1 heterocycles. The zero-order valence-electron chi connectivity index (χ0n) is 10.6. The van der Waals surface area contributed by atoms with Crippen LogP contribution in [-0.2, 0) is 4.79 Å². The maximum atomic E-state index is 11.6. The third-order valence-corrected chi connectivity index (χ3v) is 4.12. The van der Waals surface area contributed by atoms with E-state index < -0.39 is 0 Å². The van der Waals surface area contributed by atoms with E-state index in [-0.39, 0.29) is 24.5 Å². The summed E-state index contributed by atoms with van der Waals surface area (Å²) in [5, 5.41) is 16.6. The van der Waals surface area contributed by atoms with E-state index in [4.69, 9.17) is 0 Å². The van der Waals surface area contributed by atoms with Gasteiger partial charge in [-0.15, -0.1) is 11.3 Å². The summed E-state index contributed by atoms with van der Waals surface area (Å²) in [6.07, 6.45) is 2.29. The third kappa shape index (κ3) is 4.33. The third-order valence-electron chi connectivity index (χ3n) is 3.26. The van der Waals surface area contributed by atoms with Gasteiger partial charge in [-0.05, 0) is 36.6 Å². The summed E-state index contributed by atoms with van der Waals surface area (Å²) < 4.78 is 0.